The highest BCUT2D eigenvalue weighted by molar-refractivity contribution is 7.89. The summed E-state index contributed by atoms with van der Waals surface area (Å²) in [5.74, 6) is 0.463. The third-order valence-electron chi connectivity index (χ3n) is 5.43. The second-order valence-electron chi connectivity index (χ2n) is 7.93. The fraction of sp³-hybridized carbons (Fsp3) is 0.364. The van der Waals surface area contributed by atoms with Gasteiger partial charge in [-0.15, -0.1) is 0 Å². The first-order chi connectivity index (χ1) is 14.1. The lowest BCUT2D eigenvalue weighted by atomic mass is 9.93. The Balaban J connectivity index is 1.94. The molecule has 0 aliphatic heterocycles. The van der Waals surface area contributed by atoms with Gasteiger partial charge < -0.3 is 9.97 Å². The first-order valence-electron chi connectivity index (χ1n) is 10.0. The highest BCUT2D eigenvalue weighted by Crippen LogP contribution is 2.27. The lowest BCUT2D eigenvalue weighted by Gasteiger charge is -2.23. The summed E-state index contributed by atoms with van der Waals surface area (Å²) in [4.78, 5) is 27.9. The molecule has 0 bridgehead atoms. The molecule has 0 radical (unpaired) electrons. The maximum Gasteiger partial charge on any atom is 0.314 e. The number of rotatable bonds is 7. The Morgan fingerprint density at radius 1 is 0.867 bits per heavy atom. The third kappa shape index (κ3) is 4.55. The van der Waals surface area contributed by atoms with E-state index in [4.69, 9.17) is 0 Å². The van der Waals surface area contributed by atoms with Gasteiger partial charge in [0.25, 0.3) is 0 Å². The summed E-state index contributed by atoms with van der Waals surface area (Å²) < 4.78 is 28.9. The van der Waals surface area contributed by atoms with Crippen molar-refractivity contribution in [2.45, 2.75) is 51.0 Å². The Morgan fingerprint density at radius 2 is 1.43 bits per heavy atom. The molecule has 3 rings (SSSR count). The van der Waals surface area contributed by atoms with Crippen LogP contribution in [0.2, 0.25) is 0 Å². The molecule has 7 nitrogen and oxygen atoms in total. The van der Waals surface area contributed by atoms with Crippen LogP contribution in [0.15, 0.2) is 56.9 Å². The van der Waals surface area contributed by atoms with E-state index in [2.05, 4.69) is 28.5 Å². The van der Waals surface area contributed by atoms with Crippen molar-refractivity contribution < 1.29 is 8.42 Å². The maximum atomic E-state index is 13.1. The second-order valence-corrected chi connectivity index (χ2v) is 9.65. The third-order valence-corrected chi connectivity index (χ3v) is 6.87. The fourth-order valence-electron chi connectivity index (χ4n) is 3.35. The van der Waals surface area contributed by atoms with E-state index in [0.29, 0.717) is 11.4 Å². The average molecular weight is 430 g/mol. The summed E-state index contributed by atoms with van der Waals surface area (Å²) in [5, 5.41) is 0. The molecular weight excluding hydrogens is 402 g/mol. The minimum atomic E-state index is -3.86. The van der Waals surface area contributed by atoms with Crippen molar-refractivity contribution in [2.24, 2.45) is 5.92 Å². The molecule has 3 aromatic rings. The molecule has 30 heavy (non-hydrogen) atoms. The lowest BCUT2D eigenvalue weighted by molar-refractivity contribution is 0.463. The summed E-state index contributed by atoms with van der Waals surface area (Å²) in [6.45, 7) is 8.21. The van der Waals surface area contributed by atoms with Gasteiger partial charge in [-0.05, 0) is 47.6 Å². The van der Waals surface area contributed by atoms with Gasteiger partial charge in [-0.1, -0.05) is 52.0 Å². The van der Waals surface area contributed by atoms with Gasteiger partial charge in [-0.3, -0.25) is 9.59 Å². The van der Waals surface area contributed by atoms with Crippen molar-refractivity contribution in [2.75, 3.05) is 0 Å². The molecule has 0 amide bonds. The standard InChI is InChI=1S/C22H27N3O4S/c1-5-14(4)15-6-8-16(9-7-15)20(13(2)3)25-30(28,29)17-10-11-18-19(12-17)24-22(27)21(26)23-18/h6-14,20,25H,5H2,1-4H3,(H,23,26)(H,24,27). The number of aromatic amines is 2. The maximum absolute atomic E-state index is 13.1. The largest absolute Gasteiger partial charge is 0.316 e. The van der Waals surface area contributed by atoms with E-state index in [1.807, 2.05) is 38.1 Å². The van der Waals surface area contributed by atoms with E-state index in [1.165, 1.54) is 23.8 Å². The van der Waals surface area contributed by atoms with Crippen molar-refractivity contribution in [3.05, 3.63) is 74.3 Å². The van der Waals surface area contributed by atoms with Crippen LogP contribution in [0, 0.1) is 5.92 Å². The van der Waals surface area contributed by atoms with E-state index in [9.17, 15) is 18.0 Å². The fourth-order valence-corrected chi connectivity index (χ4v) is 4.75. The van der Waals surface area contributed by atoms with Gasteiger partial charge in [-0.2, -0.15) is 0 Å². The summed E-state index contributed by atoms with van der Waals surface area (Å²) >= 11 is 0. The van der Waals surface area contributed by atoms with E-state index < -0.39 is 27.2 Å². The molecule has 8 heteroatoms. The van der Waals surface area contributed by atoms with E-state index in [1.54, 1.807) is 0 Å². The van der Waals surface area contributed by atoms with Crippen LogP contribution in [-0.4, -0.2) is 18.4 Å². The zero-order valence-corrected chi connectivity index (χ0v) is 18.3. The molecule has 0 aliphatic carbocycles. The van der Waals surface area contributed by atoms with Gasteiger partial charge in [0.1, 0.15) is 0 Å². The molecule has 0 saturated heterocycles. The van der Waals surface area contributed by atoms with Gasteiger partial charge in [-0.25, -0.2) is 13.1 Å². The Bertz CT molecular complexity index is 1260. The zero-order chi connectivity index (χ0) is 22.1. The molecular formula is C22H27N3O4S. The number of nitrogens with one attached hydrogen (secondary N) is 3. The monoisotopic (exact) mass is 429 g/mol. The van der Waals surface area contributed by atoms with Crippen molar-refractivity contribution in [1.29, 1.82) is 0 Å². The number of hydrogen-bond donors (Lipinski definition) is 3. The second kappa shape index (κ2) is 8.57. The number of benzene rings is 2. The van der Waals surface area contributed by atoms with Gasteiger partial charge in [0.05, 0.1) is 15.9 Å². The van der Waals surface area contributed by atoms with Crippen LogP contribution in [0.4, 0.5) is 0 Å². The van der Waals surface area contributed by atoms with Crippen molar-refractivity contribution >= 4 is 21.1 Å². The van der Waals surface area contributed by atoms with Gasteiger partial charge in [0.2, 0.25) is 10.0 Å². The summed E-state index contributed by atoms with van der Waals surface area (Å²) in [7, 11) is -3.86. The Morgan fingerprint density at radius 3 is 2.00 bits per heavy atom. The molecule has 1 aromatic heterocycles. The molecule has 0 spiro atoms. The average Bonchev–Trinajstić information content (AvgIpc) is 2.72. The molecule has 0 fully saturated rings. The van der Waals surface area contributed by atoms with E-state index in [-0.39, 0.29) is 16.3 Å². The van der Waals surface area contributed by atoms with E-state index >= 15 is 0 Å². The van der Waals surface area contributed by atoms with Gasteiger partial charge in [0.15, 0.2) is 0 Å². The Labute approximate surface area is 175 Å². The summed E-state index contributed by atoms with van der Waals surface area (Å²) in [6, 6.07) is 11.8. The molecule has 2 aromatic carbocycles. The normalized spacial score (nSPS) is 14.2. The minimum absolute atomic E-state index is 0.0135. The molecule has 2 unspecified atom stereocenters. The quantitative estimate of drug-likeness (QED) is 0.500. The van der Waals surface area contributed by atoms with Crippen LogP contribution in [0.5, 0.6) is 0 Å². The van der Waals surface area contributed by atoms with Crippen LogP contribution in [-0.2, 0) is 10.0 Å². The lowest BCUT2D eigenvalue weighted by Crippen LogP contribution is -2.32. The highest BCUT2D eigenvalue weighted by Gasteiger charge is 2.24. The van der Waals surface area contributed by atoms with Crippen LogP contribution < -0.4 is 15.8 Å². The molecule has 0 aliphatic rings. The smallest absolute Gasteiger partial charge is 0.314 e. The zero-order valence-electron chi connectivity index (χ0n) is 17.5. The highest BCUT2D eigenvalue weighted by atomic mass is 32.2. The van der Waals surface area contributed by atoms with Crippen molar-refractivity contribution in [1.82, 2.24) is 14.7 Å². The molecule has 3 N–H and O–H groups in total. The molecule has 0 saturated carbocycles. The molecule has 2 atom stereocenters. The Kier molecular flexibility index (Phi) is 6.28. The number of fused-ring (bicyclic) bond motifs is 1. The number of hydrogen-bond acceptors (Lipinski definition) is 4. The molecule has 1 heterocycles. The predicted octanol–water partition coefficient (Wildman–Crippen LogP) is 3.41. The first-order valence-corrected chi connectivity index (χ1v) is 11.5. The first kappa shape index (κ1) is 22.0. The van der Waals surface area contributed by atoms with E-state index in [0.717, 1.165) is 12.0 Å². The predicted molar refractivity (Wildman–Crippen MR) is 118 cm³/mol. The Hall–Kier alpha value is -2.71. The van der Waals surface area contributed by atoms with Crippen molar-refractivity contribution in [3.8, 4) is 0 Å². The van der Waals surface area contributed by atoms with Crippen LogP contribution in [0.25, 0.3) is 11.0 Å². The van der Waals surface area contributed by atoms with Crippen molar-refractivity contribution in [3.63, 3.8) is 0 Å². The summed E-state index contributed by atoms with van der Waals surface area (Å²) in [6.07, 6.45) is 1.04. The number of H-pyrrole nitrogens is 2. The SMILES string of the molecule is CCC(C)c1ccc(C(NS(=O)(=O)c2ccc3[nH]c(=O)c(=O)[nH]c3c2)C(C)C)cc1. The minimum Gasteiger partial charge on any atom is -0.316 e. The van der Waals surface area contributed by atoms with Crippen LogP contribution >= 0.6 is 0 Å². The van der Waals surface area contributed by atoms with Crippen LogP contribution in [0.1, 0.15) is 57.2 Å². The summed E-state index contributed by atoms with van der Waals surface area (Å²) in [5.41, 5.74) is 1.11. The van der Waals surface area contributed by atoms with Gasteiger partial charge >= 0.3 is 11.1 Å². The number of sulfonamides is 1. The number of aromatic nitrogens is 2. The van der Waals surface area contributed by atoms with Crippen LogP contribution in [0.3, 0.4) is 0 Å². The van der Waals surface area contributed by atoms with Gasteiger partial charge in [0, 0.05) is 6.04 Å². The topological polar surface area (TPSA) is 112 Å². The molecule has 160 valence electrons.